The molecule has 2 nitrogen and oxygen atoms in total. The molecule has 0 saturated heterocycles. The van der Waals surface area contributed by atoms with Crippen molar-refractivity contribution in [3.63, 3.8) is 0 Å². The van der Waals surface area contributed by atoms with E-state index in [4.69, 9.17) is 0 Å². The summed E-state index contributed by atoms with van der Waals surface area (Å²) in [4.78, 5) is 4.83. The SMILES string of the molecule is c1ccc(-c2ccc(N(c3ccc(-c4cc(-c5ccc6sc7c(-c8ccc(N(c9ccc(-c%10ccccc%10)cc9)c9ccccc9-c9ccc%10c(ccc%11ccccc%11%10)c9)cc8)cccc7c6c5)cc5c4sc4ccccc45)cc3)c3cccc(-c4ccc5c(ccc6ccccc65)c4)c3)cc2)cc1. The van der Waals surface area contributed by atoms with E-state index in [0.29, 0.717) is 0 Å². The van der Waals surface area contributed by atoms with Crippen LogP contribution in [0.15, 0.2) is 388 Å². The monoisotopic (exact) mass is 1360 g/mol. The van der Waals surface area contributed by atoms with Crippen molar-refractivity contribution in [1.29, 1.82) is 0 Å². The van der Waals surface area contributed by atoms with Crippen LogP contribution in [-0.4, -0.2) is 0 Å². The molecule has 0 amide bonds. The zero-order valence-corrected chi connectivity index (χ0v) is 58.3. The first kappa shape index (κ1) is 61.0. The molecule has 0 fully saturated rings. The molecule has 18 aromatic carbocycles. The van der Waals surface area contributed by atoms with Gasteiger partial charge in [0.1, 0.15) is 0 Å². The van der Waals surface area contributed by atoms with E-state index in [0.717, 1.165) is 39.7 Å². The highest BCUT2D eigenvalue weighted by Crippen LogP contribution is 2.49. The molecule has 2 aromatic heterocycles. The first-order valence-electron chi connectivity index (χ1n) is 35.6. The molecule has 0 aliphatic carbocycles. The normalized spacial score (nSPS) is 11.7. The summed E-state index contributed by atoms with van der Waals surface area (Å²) in [5.41, 5.74) is 23.2. The Balaban J connectivity index is 0.652. The smallest absolute Gasteiger partial charge is 0.0540 e. The zero-order chi connectivity index (χ0) is 68.6. The van der Waals surface area contributed by atoms with Crippen LogP contribution >= 0.6 is 22.7 Å². The van der Waals surface area contributed by atoms with Crippen molar-refractivity contribution in [2.75, 3.05) is 9.80 Å². The Morgan fingerprint density at radius 2 is 0.567 bits per heavy atom. The van der Waals surface area contributed by atoms with Gasteiger partial charge in [-0.3, -0.25) is 0 Å². The minimum Gasteiger partial charge on any atom is -0.310 e. The quantitative estimate of drug-likeness (QED) is 0.106. The van der Waals surface area contributed by atoms with Crippen LogP contribution in [0.1, 0.15) is 0 Å². The first-order chi connectivity index (χ1) is 51.5. The molecular formula is C100H64N2S2. The van der Waals surface area contributed by atoms with Crippen LogP contribution in [0.25, 0.3) is 161 Å². The van der Waals surface area contributed by atoms with Crippen LogP contribution in [-0.2, 0) is 0 Å². The van der Waals surface area contributed by atoms with Crippen LogP contribution in [0.2, 0.25) is 0 Å². The largest absolute Gasteiger partial charge is 0.310 e. The molecule has 0 unspecified atom stereocenters. The number of nitrogens with zero attached hydrogens (tertiary/aromatic N) is 2. The number of benzene rings is 18. The van der Waals surface area contributed by atoms with Gasteiger partial charge in [-0.25, -0.2) is 0 Å². The van der Waals surface area contributed by atoms with Crippen molar-refractivity contribution >= 4 is 140 Å². The highest BCUT2D eigenvalue weighted by Gasteiger charge is 2.22. The van der Waals surface area contributed by atoms with E-state index in [1.807, 2.05) is 22.7 Å². The van der Waals surface area contributed by atoms with E-state index in [9.17, 15) is 0 Å². The fourth-order valence-corrected chi connectivity index (χ4v) is 18.3. The summed E-state index contributed by atoms with van der Waals surface area (Å²) in [5, 5.41) is 15.1. The molecule has 486 valence electrons. The second kappa shape index (κ2) is 25.6. The maximum atomic E-state index is 2.44. The molecule has 0 N–H and O–H groups in total. The minimum atomic E-state index is 1.08. The van der Waals surface area contributed by atoms with Gasteiger partial charge in [-0.05, 0) is 219 Å². The predicted octanol–water partition coefficient (Wildman–Crippen LogP) is 29.6. The molecule has 0 spiro atoms. The van der Waals surface area contributed by atoms with E-state index in [1.165, 1.54) is 156 Å². The van der Waals surface area contributed by atoms with Gasteiger partial charge in [-0.2, -0.15) is 0 Å². The number of fused-ring (bicyclic) bond motifs is 12. The highest BCUT2D eigenvalue weighted by atomic mass is 32.1. The fourth-order valence-electron chi connectivity index (χ4n) is 15.8. The molecule has 0 aliphatic heterocycles. The average Bonchev–Trinajstić information content (AvgIpc) is 1.64. The summed E-state index contributed by atoms with van der Waals surface area (Å²) in [5.74, 6) is 0. The van der Waals surface area contributed by atoms with Crippen molar-refractivity contribution in [3.05, 3.63) is 388 Å². The Bertz CT molecular complexity index is 6690. The summed E-state index contributed by atoms with van der Waals surface area (Å²) in [6, 6.07) is 144. The van der Waals surface area contributed by atoms with Crippen molar-refractivity contribution in [2.45, 2.75) is 0 Å². The van der Waals surface area contributed by atoms with Crippen molar-refractivity contribution in [2.24, 2.45) is 0 Å². The van der Waals surface area contributed by atoms with Gasteiger partial charge in [0.25, 0.3) is 0 Å². The topological polar surface area (TPSA) is 6.48 Å². The molecule has 0 aliphatic rings. The maximum absolute atomic E-state index is 2.44. The van der Waals surface area contributed by atoms with E-state index >= 15 is 0 Å². The lowest BCUT2D eigenvalue weighted by Gasteiger charge is -2.28. The van der Waals surface area contributed by atoms with Crippen LogP contribution in [0.4, 0.5) is 34.1 Å². The van der Waals surface area contributed by atoms with Crippen LogP contribution in [0, 0.1) is 0 Å². The van der Waals surface area contributed by atoms with Gasteiger partial charge < -0.3 is 9.80 Å². The fraction of sp³-hybridized carbons (Fsp3) is 0. The first-order valence-corrected chi connectivity index (χ1v) is 37.2. The van der Waals surface area contributed by atoms with E-state index < -0.39 is 0 Å². The molecule has 20 rings (SSSR count). The Labute approximate surface area is 611 Å². The summed E-state index contributed by atoms with van der Waals surface area (Å²) in [6.07, 6.45) is 0. The van der Waals surface area contributed by atoms with Gasteiger partial charge in [-0.1, -0.05) is 279 Å². The molecule has 2 heterocycles. The molecule has 20 aromatic rings. The summed E-state index contributed by atoms with van der Waals surface area (Å²) in [7, 11) is 0. The number of hydrogen-bond donors (Lipinski definition) is 0. The third-order valence-corrected chi connectivity index (χ3v) is 23.5. The van der Waals surface area contributed by atoms with Gasteiger partial charge in [0, 0.05) is 79.9 Å². The van der Waals surface area contributed by atoms with Crippen molar-refractivity contribution in [1.82, 2.24) is 0 Å². The minimum absolute atomic E-state index is 1.08. The summed E-state index contributed by atoms with van der Waals surface area (Å²) >= 11 is 3.77. The lowest BCUT2D eigenvalue weighted by Crippen LogP contribution is -2.11. The molecule has 0 radical (unpaired) electrons. The van der Waals surface area contributed by atoms with Crippen LogP contribution < -0.4 is 9.80 Å². The Morgan fingerprint density at radius 1 is 0.163 bits per heavy atom. The number of para-hydroxylation sites is 1. The van der Waals surface area contributed by atoms with Gasteiger partial charge in [0.2, 0.25) is 0 Å². The summed E-state index contributed by atoms with van der Waals surface area (Å²) in [6.45, 7) is 0. The second-order valence-electron chi connectivity index (χ2n) is 27.1. The highest BCUT2D eigenvalue weighted by molar-refractivity contribution is 7.26. The lowest BCUT2D eigenvalue weighted by molar-refractivity contribution is 1.28. The molecule has 4 heteroatoms. The Kier molecular flexibility index (Phi) is 15.0. The lowest BCUT2D eigenvalue weighted by atomic mass is 9.94. The third kappa shape index (κ3) is 10.9. The predicted molar refractivity (Wildman–Crippen MR) is 450 cm³/mol. The maximum Gasteiger partial charge on any atom is 0.0540 e. The van der Waals surface area contributed by atoms with Gasteiger partial charge in [0.05, 0.1) is 5.69 Å². The molecule has 0 saturated carbocycles. The molecule has 0 atom stereocenters. The van der Waals surface area contributed by atoms with E-state index in [1.54, 1.807) is 0 Å². The van der Waals surface area contributed by atoms with Gasteiger partial charge in [-0.15, -0.1) is 22.7 Å². The average molecular weight is 1360 g/mol. The van der Waals surface area contributed by atoms with Crippen molar-refractivity contribution in [3.8, 4) is 77.9 Å². The third-order valence-electron chi connectivity index (χ3n) is 21.0. The zero-order valence-electron chi connectivity index (χ0n) is 56.7. The van der Waals surface area contributed by atoms with Gasteiger partial charge >= 0.3 is 0 Å². The van der Waals surface area contributed by atoms with E-state index in [-0.39, 0.29) is 0 Å². The number of hydrogen-bond acceptors (Lipinski definition) is 4. The summed E-state index contributed by atoms with van der Waals surface area (Å²) < 4.78 is 5.12. The van der Waals surface area contributed by atoms with Crippen LogP contribution in [0.3, 0.4) is 0 Å². The van der Waals surface area contributed by atoms with Gasteiger partial charge in [0.15, 0.2) is 0 Å². The second-order valence-corrected chi connectivity index (χ2v) is 29.2. The van der Waals surface area contributed by atoms with E-state index in [2.05, 4.69) is 398 Å². The molecular weight excluding hydrogens is 1290 g/mol. The molecule has 0 bridgehead atoms. The number of anilines is 6. The standard InChI is InChI=1S/C100H64N2S2/c1-3-17-65(18-4-1)67-37-48-80(49-38-67)101(84-24-15-23-73(61-84)74-45-56-87-76(59-74)35-33-69-21-7-9-25-85(69)87)81-52-43-72(44-53-81)93-63-79(64-95-91-28-12-14-32-97(91)103-100(93)95)75-47-58-98-94(62-75)92-30-16-29-90(99(92)104-98)71-41-54-83(55-42-71)102(82-50-39-68(40-51-82)66-19-5-2-6-20-66)96-31-13-11-27-89(96)78-46-57-88-77(60-78)36-34-70-22-8-10-26-86(70)88/h1-64H. The van der Waals surface area contributed by atoms with Crippen LogP contribution in [0.5, 0.6) is 0 Å². The number of thiophene rings is 2. The number of rotatable bonds is 13. The Morgan fingerprint density at radius 3 is 1.21 bits per heavy atom. The van der Waals surface area contributed by atoms with Crippen molar-refractivity contribution < 1.29 is 0 Å². The molecule has 104 heavy (non-hydrogen) atoms. The Hall–Kier alpha value is -13.0.